The fraction of sp³-hybridized carbons (Fsp3) is 0.278. The number of carbonyl (C=O) groups excluding carboxylic acids is 1. The molecule has 0 bridgehead atoms. The second-order valence-electron chi connectivity index (χ2n) is 6.92. The van der Waals surface area contributed by atoms with Gasteiger partial charge in [-0.05, 0) is 48.9 Å². The Kier molecular flexibility index (Phi) is 5.35. The number of benzene rings is 2. The molecule has 12 heteroatoms. The van der Waals surface area contributed by atoms with Crippen LogP contribution in [0.5, 0.6) is 0 Å². The van der Waals surface area contributed by atoms with E-state index >= 15 is 0 Å². The summed E-state index contributed by atoms with van der Waals surface area (Å²) in [5.41, 5.74) is -1.17. The number of nitrogens with one attached hydrogen (secondary N) is 1. The van der Waals surface area contributed by atoms with Crippen LogP contribution in [0.2, 0.25) is 0 Å². The molecular formula is C18H17F3N2O5S2. The Morgan fingerprint density at radius 2 is 1.80 bits per heavy atom. The van der Waals surface area contributed by atoms with Crippen LogP contribution in [0.4, 0.5) is 24.5 Å². The van der Waals surface area contributed by atoms with Gasteiger partial charge in [-0.2, -0.15) is 13.2 Å². The fourth-order valence-corrected chi connectivity index (χ4v) is 6.21. The smallest absolute Gasteiger partial charge is 0.280 e. The number of nitrogens with zero attached hydrogens (tertiary/aromatic N) is 1. The maximum atomic E-state index is 12.8. The predicted octanol–water partition coefficient (Wildman–Crippen LogP) is 3.13. The lowest BCUT2D eigenvalue weighted by atomic mass is 10.2. The van der Waals surface area contributed by atoms with Gasteiger partial charge in [0.1, 0.15) is 0 Å². The number of carbonyl (C=O) groups is 1. The first kappa shape index (κ1) is 22.1. The van der Waals surface area contributed by atoms with E-state index in [2.05, 4.69) is 4.72 Å². The molecule has 0 aliphatic carbocycles. The minimum absolute atomic E-state index is 0.000122. The molecule has 1 heterocycles. The van der Waals surface area contributed by atoms with Gasteiger partial charge in [-0.15, -0.1) is 0 Å². The van der Waals surface area contributed by atoms with Crippen LogP contribution in [0.3, 0.4) is 0 Å². The summed E-state index contributed by atoms with van der Waals surface area (Å²) < 4.78 is 91.0. The van der Waals surface area contributed by atoms with E-state index in [1.165, 1.54) is 32.0 Å². The van der Waals surface area contributed by atoms with E-state index < -0.39 is 43.6 Å². The van der Waals surface area contributed by atoms with Gasteiger partial charge in [0.05, 0.1) is 27.8 Å². The van der Waals surface area contributed by atoms with Gasteiger partial charge in [0.15, 0.2) is 0 Å². The van der Waals surface area contributed by atoms with Crippen LogP contribution in [0.15, 0.2) is 47.4 Å². The summed E-state index contributed by atoms with van der Waals surface area (Å²) >= 11 is 0. The third-order valence-corrected chi connectivity index (χ3v) is 7.90. The van der Waals surface area contributed by atoms with Crippen molar-refractivity contribution in [2.75, 3.05) is 14.8 Å². The van der Waals surface area contributed by atoms with Crippen LogP contribution in [0.25, 0.3) is 0 Å². The summed E-state index contributed by atoms with van der Waals surface area (Å²) in [7, 11) is -8.13. The quantitative estimate of drug-likeness (QED) is 0.753. The SMILES string of the molecule is Cc1cc(N2C(=O)C(C)CS2(=O)=O)ccc1S(=O)(=O)Nc1cccc(C(F)(F)F)c1. The van der Waals surface area contributed by atoms with Crippen molar-refractivity contribution in [1.29, 1.82) is 0 Å². The minimum Gasteiger partial charge on any atom is -0.280 e. The standard InChI is InChI=1S/C18H17F3N2O5S2/c1-11-8-15(23-17(24)12(2)10-29(23,25)26)6-7-16(11)30(27,28)22-14-5-3-4-13(9-14)18(19,20)21/h3-9,12,22H,10H2,1-2H3. The summed E-state index contributed by atoms with van der Waals surface area (Å²) in [5, 5.41) is 0. The molecule has 0 saturated carbocycles. The molecule has 1 N–H and O–H groups in total. The Bertz CT molecular complexity index is 1220. The van der Waals surface area contributed by atoms with Crippen molar-refractivity contribution in [3.8, 4) is 0 Å². The summed E-state index contributed by atoms with van der Waals surface area (Å²) in [6.07, 6.45) is -4.64. The number of hydrogen-bond donors (Lipinski definition) is 1. The molecule has 1 aliphatic heterocycles. The van der Waals surface area contributed by atoms with Gasteiger partial charge in [-0.25, -0.2) is 21.1 Å². The number of sulfonamides is 2. The van der Waals surface area contributed by atoms with E-state index in [1.807, 2.05) is 0 Å². The number of halogens is 3. The average Bonchev–Trinajstić information content (AvgIpc) is 2.80. The first-order valence-corrected chi connectivity index (χ1v) is 11.7. The highest BCUT2D eigenvalue weighted by Crippen LogP contribution is 2.33. The first-order chi connectivity index (χ1) is 13.7. The monoisotopic (exact) mass is 462 g/mol. The molecule has 1 aliphatic rings. The first-order valence-electron chi connectivity index (χ1n) is 8.60. The molecule has 2 aromatic carbocycles. The molecule has 1 amide bonds. The zero-order valence-corrected chi connectivity index (χ0v) is 17.4. The van der Waals surface area contributed by atoms with E-state index in [0.29, 0.717) is 10.4 Å². The number of aryl methyl sites for hydroxylation is 1. The predicted molar refractivity (Wildman–Crippen MR) is 104 cm³/mol. The Morgan fingerprint density at radius 3 is 2.33 bits per heavy atom. The molecule has 0 aromatic heterocycles. The third-order valence-electron chi connectivity index (χ3n) is 4.49. The summed E-state index contributed by atoms with van der Waals surface area (Å²) in [6, 6.07) is 7.22. The molecule has 1 fully saturated rings. The Hall–Kier alpha value is -2.60. The molecule has 1 saturated heterocycles. The molecule has 1 atom stereocenters. The summed E-state index contributed by atoms with van der Waals surface area (Å²) in [4.78, 5) is 11.9. The van der Waals surface area contributed by atoms with Gasteiger partial charge in [0, 0.05) is 5.69 Å². The van der Waals surface area contributed by atoms with E-state index in [-0.39, 0.29) is 27.6 Å². The van der Waals surface area contributed by atoms with Crippen molar-refractivity contribution < 1.29 is 34.8 Å². The molecule has 1 unspecified atom stereocenters. The lowest BCUT2D eigenvalue weighted by Gasteiger charge is -2.18. The number of anilines is 2. The van der Waals surface area contributed by atoms with Crippen molar-refractivity contribution in [2.45, 2.75) is 24.9 Å². The molecule has 0 radical (unpaired) electrons. The van der Waals surface area contributed by atoms with Crippen molar-refractivity contribution in [3.63, 3.8) is 0 Å². The molecule has 0 spiro atoms. The van der Waals surface area contributed by atoms with E-state index in [4.69, 9.17) is 0 Å². The maximum Gasteiger partial charge on any atom is 0.416 e. The van der Waals surface area contributed by atoms with Crippen LogP contribution >= 0.6 is 0 Å². The van der Waals surface area contributed by atoms with Gasteiger partial charge >= 0.3 is 6.18 Å². The van der Waals surface area contributed by atoms with Gasteiger partial charge in [0.25, 0.3) is 10.0 Å². The Labute approximate surface area is 171 Å². The maximum absolute atomic E-state index is 12.8. The van der Waals surface area contributed by atoms with Crippen molar-refractivity contribution in [2.24, 2.45) is 5.92 Å². The van der Waals surface area contributed by atoms with Crippen LogP contribution in [-0.4, -0.2) is 28.5 Å². The van der Waals surface area contributed by atoms with Crippen LogP contribution < -0.4 is 9.03 Å². The summed E-state index contributed by atoms with van der Waals surface area (Å²) in [5.74, 6) is -1.68. The molecular weight excluding hydrogens is 445 g/mol. The van der Waals surface area contributed by atoms with Crippen LogP contribution in [0.1, 0.15) is 18.1 Å². The van der Waals surface area contributed by atoms with Gasteiger partial charge in [-0.3, -0.25) is 9.52 Å². The Balaban J connectivity index is 1.94. The minimum atomic E-state index is -4.64. The van der Waals surface area contributed by atoms with Crippen molar-refractivity contribution >= 4 is 37.3 Å². The number of alkyl halides is 3. The molecule has 162 valence electrons. The number of hydrogen-bond acceptors (Lipinski definition) is 5. The van der Waals surface area contributed by atoms with E-state index in [1.54, 1.807) is 0 Å². The van der Waals surface area contributed by atoms with Crippen molar-refractivity contribution in [3.05, 3.63) is 53.6 Å². The number of amides is 1. The Morgan fingerprint density at radius 1 is 1.13 bits per heavy atom. The topological polar surface area (TPSA) is 101 Å². The highest BCUT2D eigenvalue weighted by atomic mass is 32.2. The molecule has 7 nitrogen and oxygen atoms in total. The zero-order valence-electron chi connectivity index (χ0n) is 15.8. The third kappa shape index (κ3) is 4.15. The van der Waals surface area contributed by atoms with E-state index in [0.717, 1.165) is 18.2 Å². The van der Waals surface area contributed by atoms with Gasteiger partial charge in [-0.1, -0.05) is 13.0 Å². The largest absolute Gasteiger partial charge is 0.416 e. The second-order valence-corrected chi connectivity index (χ2v) is 10.4. The zero-order chi connectivity index (χ0) is 22.5. The highest BCUT2D eigenvalue weighted by Gasteiger charge is 2.42. The highest BCUT2D eigenvalue weighted by molar-refractivity contribution is 7.94. The molecule has 2 aromatic rings. The molecule has 30 heavy (non-hydrogen) atoms. The normalized spacial score (nSPS) is 19.2. The second kappa shape index (κ2) is 7.27. The van der Waals surface area contributed by atoms with Crippen molar-refractivity contribution in [1.82, 2.24) is 0 Å². The molecule has 3 rings (SSSR count). The lowest BCUT2D eigenvalue weighted by Crippen LogP contribution is -2.30. The summed E-state index contributed by atoms with van der Waals surface area (Å²) in [6.45, 7) is 2.87. The van der Waals surface area contributed by atoms with Crippen LogP contribution in [-0.2, 0) is 31.0 Å². The fourth-order valence-electron chi connectivity index (χ4n) is 3.12. The average molecular weight is 462 g/mol. The lowest BCUT2D eigenvalue weighted by molar-refractivity contribution is -0.137. The van der Waals surface area contributed by atoms with E-state index in [9.17, 15) is 34.8 Å². The number of rotatable bonds is 4. The van der Waals surface area contributed by atoms with Gasteiger partial charge < -0.3 is 0 Å². The van der Waals surface area contributed by atoms with Crippen LogP contribution in [0, 0.1) is 12.8 Å². The van der Waals surface area contributed by atoms with Gasteiger partial charge in [0.2, 0.25) is 15.9 Å².